The van der Waals surface area contributed by atoms with Gasteiger partial charge in [-0.2, -0.15) is 0 Å². The Morgan fingerprint density at radius 2 is 1.85 bits per heavy atom. The van der Waals surface area contributed by atoms with Crippen LogP contribution >= 0.6 is 44.3 Å². The molecule has 0 bridgehead atoms. The zero-order valence-electron chi connectivity index (χ0n) is 16.5. The van der Waals surface area contributed by atoms with Crippen LogP contribution in [-0.4, -0.2) is 23.9 Å². The zero-order chi connectivity index (χ0) is 18.9. The standard InChI is InChI=1S/C21H32Br2N2O.ClH/c1-3-4-5-9-12-20(26)24-21-16(13-17(22)14-19(21)23)15-25(2)18-10-7-6-8-11-18;/h13-14,18H,3-12,15H2,1-2H3,(H,24,26);1H. The van der Waals surface area contributed by atoms with Crippen molar-refractivity contribution in [2.45, 2.75) is 83.7 Å². The molecule has 0 heterocycles. The first-order chi connectivity index (χ1) is 12.5. The Kier molecular flexibility index (Phi) is 12.2. The van der Waals surface area contributed by atoms with E-state index in [0.29, 0.717) is 12.5 Å². The van der Waals surface area contributed by atoms with Crippen LogP contribution in [0.1, 0.15) is 76.7 Å². The number of halogens is 3. The molecule has 154 valence electrons. The highest BCUT2D eigenvalue weighted by Gasteiger charge is 2.20. The summed E-state index contributed by atoms with van der Waals surface area (Å²) < 4.78 is 1.98. The molecule has 1 fully saturated rings. The molecule has 0 aliphatic heterocycles. The zero-order valence-corrected chi connectivity index (χ0v) is 20.5. The SMILES string of the molecule is CCCCCCC(=O)Nc1c(Br)cc(Br)cc1CN(C)C1CCCCC1.Cl. The molecule has 0 aromatic heterocycles. The highest BCUT2D eigenvalue weighted by Crippen LogP contribution is 2.33. The Balaban J connectivity index is 0.00000364. The minimum absolute atomic E-state index is 0. The first-order valence-corrected chi connectivity index (χ1v) is 11.6. The maximum atomic E-state index is 12.4. The fraction of sp³-hybridized carbons (Fsp3) is 0.667. The third-order valence-corrected chi connectivity index (χ3v) is 6.36. The molecule has 1 amide bonds. The Bertz CT molecular complexity index is 592. The summed E-state index contributed by atoms with van der Waals surface area (Å²) in [6, 6.07) is 4.80. The maximum Gasteiger partial charge on any atom is 0.224 e. The van der Waals surface area contributed by atoms with Crippen molar-refractivity contribution in [3.05, 3.63) is 26.6 Å². The second kappa shape index (κ2) is 13.2. The lowest BCUT2D eigenvalue weighted by Gasteiger charge is -2.32. The van der Waals surface area contributed by atoms with Crippen molar-refractivity contribution in [3.8, 4) is 0 Å². The van der Waals surface area contributed by atoms with Crippen LogP contribution in [0.3, 0.4) is 0 Å². The third-order valence-electron chi connectivity index (χ3n) is 5.28. The quantitative estimate of drug-likeness (QED) is 0.344. The molecular formula is C21H33Br2ClN2O. The normalized spacial score (nSPS) is 14.9. The van der Waals surface area contributed by atoms with Gasteiger partial charge in [-0.3, -0.25) is 9.69 Å². The molecule has 1 aliphatic carbocycles. The minimum Gasteiger partial charge on any atom is -0.325 e. The number of unbranched alkanes of at least 4 members (excludes halogenated alkanes) is 3. The second-order valence-electron chi connectivity index (χ2n) is 7.49. The number of carbonyl (C=O) groups excluding carboxylic acids is 1. The first-order valence-electron chi connectivity index (χ1n) is 9.99. The molecule has 1 aromatic carbocycles. The van der Waals surface area contributed by atoms with E-state index in [1.807, 2.05) is 6.07 Å². The summed E-state index contributed by atoms with van der Waals surface area (Å²) in [5.74, 6) is 0.116. The topological polar surface area (TPSA) is 32.3 Å². The Morgan fingerprint density at radius 3 is 2.52 bits per heavy atom. The van der Waals surface area contributed by atoms with Gasteiger partial charge in [-0.25, -0.2) is 0 Å². The van der Waals surface area contributed by atoms with Gasteiger partial charge in [0, 0.05) is 28.0 Å². The van der Waals surface area contributed by atoms with Gasteiger partial charge >= 0.3 is 0 Å². The van der Waals surface area contributed by atoms with Gasteiger partial charge in [0.2, 0.25) is 5.91 Å². The van der Waals surface area contributed by atoms with E-state index in [0.717, 1.165) is 34.0 Å². The highest BCUT2D eigenvalue weighted by molar-refractivity contribution is 9.11. The van der Waals surface area contributed by atoms with E-state index in [1.54, 1.807) is 0 Å². The Hall–Kier alpha value is -0.100. The number of amides is 1. The van der Waals surface area contributed by atoms with Crippen LogP contribution in [0.5, 0.6) is 0 Å². The van der Waals surface area contributed by atoms with Crippen LogP contribution in [0.2, 0.25) is 0 Å². The van der Waals surface area contributed by atoms with E-state index in [2.05, 4.69) is 62.1 Å². The number of nitrogens with zero attached hydrogens (tertiary/aromatic N) is 1. The van der Waals surface area contributed by atoms with Crippen molar-refractivity contribution in [2.75, 3.05) is 12.4 Å². The number of carbonyl (C=O) groups is 1. The third kappa shape index (κ3) is 8.43. The molecule has 0 atom stereocenters. The summed E-state index contributed by atoms with van der Waals surface area (Å²) in [4.78, 5) is 14.8. The Morgan fingerprint density at radius 1 is 1.15 bits per heavy atom. The average molecular weight is 525 g/mol. The van der Waals surface area contributed by atoms with Crippen LogP contribution < -0.4 is 5.32 Å². The van der Waals surface area contributed by atoms with Crippen LogP contribution in [0.4, 0.5) is 5.69 Å². The predicted octanol–water partition coefficient (Wildman–Crippen LogP) is 7.31. The molecule has 0 unspecified atom stereocenters. The lowest BCUT2D eigenvalue weighted by atomic mass is 9.94. The van der Waals surface area contributed by atoms with Gasteiger partial charge in [-0.1, -0.05) is 61.4 Å². The van der Waals surface area contributed by atoms with E-state index < -0.39 is 0 Å². The summed E-state index contributed by atoms with van der Waals surface area (Å²) in [5.41, 5.74) is 2.09. The number of hydrogen-bond acceptors (Lipinski definition) is 2. The van der Waals surface area contributed by atoms with Crippen molar-refractivity contribution < 1.29 is 4.79 Å². The molecule has 0 spiro atoms. The summed E-state index contributed by atoms with van der Waals surface area (Å²) in [5, 5.41) is 3.16. The molecule has 2 rings (SSSR count). The van der Waals surface area contributed by atoms with Gasteiger partial charge in [-0.15, -0.1) is 12.4 Å². The monoisotopic (exact) mass is 522 g/mol. The predicted molar refractivity (Wildman–Crippen MR) is 125 cm³/mol. The average Bonchev–Trinajstić information content (AvgIpc) is 2.62. The van der Waals surface area contributed by atoms with E-state index in [1.165, 1.54) is 50.5 Å². The van der Waals surface area contributed by atoms with Crippen LogP contribution in [0, 0.1) is 0 Å². The summed E-state index contributed by atoms with van der Waals surface area (Å²) >= 11 is 7.24. The van der Waals surface area contributed by atoms with Crippen molar-refractivity contribution in [1.29, 1.82) is 0 Å². The van der Waals surface area contributed by atoms with E-state index in [4.69, 9.17) is 0 Å². The molecule has 3 nitrogen and oxygen atoms in total. The van der Waals surface area contributed by atoms with E-state index in [-0.39, 0.29) is 18.3 Å². The number of rotatable bonds is 9. The molecule has 1 saturated carbocycles. The summed E-state index contributed by atoms with van der Waals surface area (Å²) in [6.45, 7) is 3.04. The molecule has 1 aromatic rings. The number of benzene rings is 1. The van der Waals surface area contributed by atoms with Crippen molar-refractivity contribution in [1.82, 2.24) is 4.90 Å². The lowest BCUT2D eigenvalue weighted by Crippen LogP contribution is -2.33. The number of nitrogens with one attached hydrogen (secondary N) is 1. The summed E-state index contributed by atoms with van der Waals surface area (Å²) in [7, 11) is 2.21. The molecule has 0 radical (unpaired) electrons. The molecular weight excluding hydrogens is 492 g/mol. The van der Waals surface area contributed by atoms with E-state index >= 15 is 0 Å². The second-order valence-corrected chi connectivity index (χ2v) is 9.26. The van der Waals surface area contributed by atoms with Gasteiger partial charge in [-0.05, 0) is 59.9 Å². The molecule has 27 heavy (non-hydrogen) atoms. The van der Waals surface area contributed by atoms with Crippen LogP contribution in [0.15, 0.2) is 21.1 Å². The van der Waals surface area contributed by atoms with E-state index in [9.17, 15) is 4.79 Å². The largest absolute Gasteiger partial charge is 0.325 e. The van der Waals surface area contributed by atoms with Crippen LogP contribution in [0.25, 0.3) is 0 Å². The number of hydrogen-bond donors (Lipinski definition) is 1. The van der Waals surface area contributed by atoms with Crippen LogP contribution in [-0.2, 0) is 11.3 Å². The molecule has 0 saturated heterocycles. The van der Waals surface area contributed by atoms with Crippen molar-refractivity contribution in [3.63, 3.8) is 0 Å². The van der Waals surface area contributed by atoms with Gasteiger partial charge in [0.15, 0.2) is 0 Å². The molecule has 1 aliphatic rings. The smallest absolute Gasteiger partial charge is 0.224 e. The summed E-state index contributed by atoms with van der Waals surface area (Å²) in [6.07, 6.45) is 11.7. The number of anilines is 1. The minimum atomic E-state index is 0. The highest BCUT2D eigenvalue weighted by atomic mass is 79.9. The first kappa shape index (κ1) is 24.9. The Labute approximate surface area is 187 Å². The van der Waals surface area contributed by atoms with Crippen molar-refractivity contribution in [2.24, 2.45) is 0 Å². The van der Waals surface area contributed by atoms with Crippen molar-refractivity contribution >= 4 is 55.9 Å². The lowest BCUT2D eigenvalue weighted by molar-refractivity contribution is -0.116. The maximum absolute atomic E-state index is 12.4. The van der Waals surface area contributed by atoms with Gasteiger partial charge in [0.25, 0.3) is 0 Å². The van der Waals surface area contributed by atoms with Gasteiger partial charge in [0.1, 0.15) is 0 Å². The van der Waals surface area contributed by atoms with Gasteiger partial charge < -0.3 is 5.32 Å². The molecule has 6 heteroatoms. The fourth-order valence-corrected chi connectivity index (χ4v) is 5.14. The molecule has 1 N–H and O–H groups in total. The van der Waals surface area contributed by atoms with Gasteiger partial charge in [0.05, 0.1) is 5.69 Å². The fourth-order valence-electron chi connectivity index (χ4n) is 3.73.